The smallest absolute Gasteiger partial charge is 0.253 e. The van der Waals surface area contributed by atoms with Crippen LogP contribution in [0.3, 0.4) is 0 Å². The Balaban J connectivity index is 2.93. The molecular formula is C13H18ClNO2. The molecule has 0 aromatic heterocycles. The Labute approximate surface area is 107 Å². The van der Waals surface area contributed by atoms with Crippen molar-refractivity contribution in [3.63, 3.8) is 0 Å². The molecule has 0 aliphatic carbocycles. The second-order valence-electron chi connectivity index (χ2n) is 3.56. The van der Waals surface area contributed by atoms with Crippen LogP contribution < -0.4 is 4.74 Å². The van der Waals surface area contributed by atoms with Gasteiger partial charge in [0.05, 0.1) is 11.6 Å². The Morgan fingerprint density at radius 2 is 1.94 bits per heavy atom. The molecule has 0 saturated heterocycles. The maximum absolute atomic E-state index is 12.1. The number of rotatable bonds is 5. The van der Waals surface area contributed by atoms with Gasteiger partial charge in [-0.25, -0.2) is 0 Å². The number of carbonyl (C=O) groups is 1. The summed E-state index contributed by atoms with van der Waals surface area (Å²) in [5, 5.41) is 0.477. The molecule has 1 aromatic carbocycles. The molecule has 0 saturated carbocycles. The Morgan fingerprint density at radius 3 is 2.41 bits per heavy atom. The van der Waals surface area contributed by atoms with Crippen molar-refractivity contribution in [2.45, 2.75) is 20.8 Å². The zero-order valence-electron chi connectivity index (χ0n) is 10.5. The molecule has 3 nitrogen and oxygen atoms in total. The zero-order chi connectivity index (χ0) is 12.8. The monoisotopic (exact) mass is 255 g/mol. The summed E-state index contributed by atoms with van der Waals surface area (Å²) in [6, 6.07) is 5.15. The largest absolute Gasteiger partial charge is 0.492 e. The van der Waals surface area contributed by atoms with Crippen LogP contribution in [0.25, 0.3) is 0 Å². The standard InChI is InChI=1S/C13H18ClNO2/c1-4-15(5-2)13(16)10-7-8-12(17-6-3)11(14)9-10/h7-9H,4-6H2,1-3H3. The van der Waals surface area contributed by atoms with Gasteiger partial charge in [-0.15, -0.1) is 0 Å². The lowest BCUT2D eigenvalue weighted by atomic mass is 10.2. The van der Waals surface area contributed by atoms with Crippen LogP contribution in [0.1, 0.15) is 31.1 Å². The first-order valence-electron chi connectivity index (χ1n) is 5.85. The number of carbonyl (C=O) groups excluding carboxylic acids is 1. The van der Waals surface area contributed by atoms with Gasteiger partial charge in [0.15, 0.2) is 0 Å². The van der Waals surface area contributed by atoms with Crippen LogP contribution in [0.4, 0.5) is 0 Å². The molecule has 4 heteroatoms. The molecule has 17 heavy (non-hydrogen) atoms. The van der Waals surface area contributed by atoms with Crippen LogP contribution in [0.5, 0.6) is 5.75 Å². The molecule has 94 valence electrons. The summed E-state index contributed by atoms with van der Waals surface area (Å²) in [6.45, 7) is 7.75. The van der Waals surface area contributed by atoms with E-state index in [4.69, 9.17) is 16.3 Å². The molecule has 0 spiro atoms. The average Bonchev–Trinajstić information content (AvgIpc) is 2.33. The first kappa shape index (κ1) is 13.8. The maximum Gasteiger partial charge on any atom is 0.253 e. The predicted molar refractivity (Wildman–Crippen MR) is 69.9 cm³/mol. The lowest BCUT2D eigenvalue weighted by Crippen LogP contribution is -2.30. The van der Waals surface area contributed by atoms with E-state index in [-0.39, 0.29) is 5.91 Å². The highest BCUT2D eigenvalue weighted by molar-refractivity contribution is 6.32. The molecule has 0 atom stereocenters. The van der Waals surface area contributed by atoms with Crippen LogP contribution in [-0.2, 0) is 0 Å². The van der Waals surface area contributed by atoms with Crippen LogP contribution in [0, 0.1) is 0 Å². The van der Waals surface area contributed by atoms with Crippen molar-refractivity contribution >= 4 is 17.5 Å². The number of amides is 1. The fraction of sp³-hybridized carbons (Fsp3) is 0.462. The van der Waals surface area contributed by atoms with E-state index in [2.05, 4.69) is 0 Å². The van der Waals surface area contributed by atoms with Crippen LogP contribution in [0.2, 0.25) is 5.02 Å². The quantitative estimate of drug-likeness (QED) is 0.809. The summed E-state index contributed by atoms with van der Waals surface area (Å²) < 4.78 is 5.33. The van der Waals surface area contributed by atoms with Crippen molar-refractivity contribution in [2.24, 2.45) is 0 Å². The van der Waals surface area contributed by atoms with E-state index >= 15 is 0 Å². The van der Waals surface area contributed by atoms with E-state index in [1.807, 2.05) is 20.8 Å². The molecular weight excluding hydrogens is 238 g/mol. The molecule has 1 aromatic rings. The molecule has 1 rings (SSSR count). The summed E-state index contributed by atoms with van der Waals surface area (Å²) in [7, 11) is 0. The minimum absolute atomic E-state index is 0.0000477. The van der Waals surface area contributed by atoms with E-state index < -0.39 is 0 Å². The molecule has 1 amide bonds. The number of nitrogens with zero attached hydrogens (tertiary/aromatic N) is 1. The summed E-state index contributed by atoms with van der Waals surface area (Å²) in [5.41, 5.74) is 0.599. The van der Waals surface area contributed by atoms with Crippen molar-refractivity contribution in [1.29, 1.82) is 0 Å². The van der Waals surface area contributed by atoms with Crippen molar-refractivity contribution in [3.8, 4) is 5.75 Å². The number of benzene rings is 1. The number of ether oxygens (including phenoxy) is 1. The number of hydrogen-bond acceptors (Lipinski definition) is 2. The lowest BCUT2D eigenvalue weighted by Gasteiger charge is -2.19. The fourth-order valence-corrected chi connectivity index (χ4v) is 1.83. The topological polar surface area (TPSA) is 29.5 Å². The van der Waals surface area contributed by atoms with E-state index in [9.17, 15) is 4.79 Å². The normalized spacial score (nSPS) is 10.1. The van der Waals surface area contributed by atoms with Crippen molar-refractivity contribution < 1.29 is 9.53 Å². The Kier molecular flexibility index (Phi) is 5.29. The highest BCUT2D eigenvalue weighted by atomic mass is 35.5. The third-order valence-electron chi connectivity index (χ3n) is 2.53. The Hall–Kier alpha value is -1.22. The molecule has 0 aliphatic rings. The molecule has 0 aliphatic heterocycles. The first-order chi connectivity index (χ1) is 8.13. The van der Waals surface area contributed by atoms with Gasteiger partial charge in [0.2, 0.25) is 0 Å². The van der Waals surface area contributed by atoms with E-state index in [1.165, 1.54) is 0 Å². The third-order valence-corrected chi connectivity index (χ3v) is 2.82. The van der Waals surface area contributed by atoms with Crippen molar-refractivity contribution in [3.05, 3.63) is 28.8 Å². The highest BCUT2D eigenvalue weighted by Gasteiger charge is 2.14. The van der Waals surface area contributed by atoms with Crippen LogP contribution in [0.15, 0.2) is 18.2 Å². The molecule has 0 radical (unpaired) electrons. The fourth-order valence-electron chi connectivity index (χ4n) is 1.60. The first-order valence-corrected chi connectivity index (χ1v) is 6.23. The minimum atomic E-state index is -0.0000477. The van der Waals surface area contributed by atoms with Crippen molar-refractivity contribution in [1.82, 2.24) is 4.90 Å². The summed E-state index contributed by atoms with van der Waals surface area (Å²) in [6.07, 6.45) is 0. The second kappa shape index (κ2) is 6.50. The van der Waals surface area contributed by atoms with Gasteiger partial charge in [-0.1, -0.05) is 11.6 Å². The van der Waals surface area contributed by atoms with Gasteiger partial charge in [-0.2, -0.15) is 0 Å². The molecule has 0 fully saturated rings. The predicted octanol–water partition coefficient (Wildman–Crippen LogP) is 3.22. The minimum Gasteiger partial charge on any atom is -0.492 e. The van der Waals surface area contributed by atoms with Gasteiger partial charge in [-0.05, 0) is 39.0 Å². The molecule has 0 N–H and O–H groups in total. The van der Waals surface area contributed by atoms with Gasteiger partial charge in [-0.3, -0.25) is 4.79 Å². The summed E-state index contributed by atoms with van der Waals surface area (Å²) in [4.78, 5) is 13.8. The van der Waals surface area contributed by atoms with Gasteiger partial charge in [0.25, 0.3) is 5.91 Å². The van der Waals surface area contributed by atoms with E-state index in [1.54, 1.807) is 23.1 Å². The second-order valence-corrected chi connectivity index (χ2v) is 3.96. The van der Waals surface area contributed by atoms with Gasteiger partial charge in [0.1, 0.15) is 5.75 Å². The zero-order valence-corrected chi connectivity index (χ0v) is 11.3. The molecule has 0 heterocycles. The Bertz CT molecular complexity index is 389. The Morgan fingerprint density at radius 1 is 1.29 bits per heavy atom. The average molecular weight is 256 g/mol. The van der Waals surface area contributed by atoms with Crippen molar-refractivity contribution in [2.75, 3.05) is 19.7 Å². The van der Waals surface area contributed by atoms with E-state index in [0.29, 0.717) is 36.0 Å². The summed E-state index contributed by atoms with van der Waals surface area (Å²) in [5.74, 6) is 0.616. The third kappa shape index (κ3) is 3.37. The molecule has 0 unspecified atom stereocenters. The van der Waals surface area contributed by atoms with Gasteiger partial charge >= 0.3 is 0 Å². The lowest BCUT2D eigenvalue weighted by molar-refractivity contribution is 0.0773. The van der Waals surface area contributed by atoms with E-state index in [0.717, 1.165) is 0 Å². The highest BCUT2D eigenvalue weighted by Crippen LogP contribution is 2.25. The SMILES string of the molecule is CCOc1ccc(C(=O)N(CC)CC)cc1Cl. The van der Waals surface area contributed by atoms with Gasteiger partial charge in [0, 0.05) is 18.7 Å². The van der Waals surface area contributed by atoms with Crippen LogP contribution in [-0.4, -0.2) is 30.5 Å². The maximum atomic E-state index is 12.1. The van der Waals surface area contributed by atoms with Crippen LogP contribution >= 0.6 is 11.6 Å². The summed E-state index contributed by atoms with van der Waals surface area (Å²) >= 11 is 6.05. The molecule has 0 bridgehead atoms. The number of hydrogen-bond donors (Lipinski definition) is 0. The number of halogens is 1. The van der Waals surface area contributed by atoms with Gasteiger partial charge < -0.3 is 9.64 Å².